The first kappa shape index (κ1) is 16.0. The summed E-state index contributed by atoms with van der Waals surface area (Å²) >= 11 is 0. The van der Waals surface area contributed by atoms with Crippen LogP contribution < -0.4 is 5.32 Å². The third kappa shape index (κ3) is 4.05. The molecule has 2 amide bonds. The minimum absolute atomic E-state index is 0.238. The number of nitrogens with one attached hydrogen (secondary N) is 1. The summed E-state index contributed by atoms with van der Waals surface area (Å²) in [4.78, 5) is 13.6. The Balaban J connectivity index is 2.11. The van der Waals surface area contributed by atoms with Gasteiger partial charge in [0, 0.05) is 19.2 Å². The van der Waals surface area contributed by atoms with Crippen LogP contribution in [0.15, 0.2) is 41.2 Å². The van der Waals surface area contributed by atoms with Gasteiger partial charge in [0.2, 0.25) is 0 Å². The van der Waals surface area contributed by atoms with Gasteiger partial charge in [0.15, 0.2) is 0 Å². The number of methoxy groups -OCH3 is 1. The highest BCUT2D eigenvalue weighted by Crippen LogP contribution is 2.19. The van der Waals surface area contributed by atoms with Crippen molar-refractivity contribution in [2.24, 2.45) is 0 Å². The van der Waals surface area contributed by atoms with Gasteiger partial charge in [0.1, 0.15) is 17.3 Å². The van der Waals surface area contributed by atoms with Gasteiger partial charge in [-0.15, -0.1) is 0 Å². The summed E-state index contributed by atoms with van der Waals surface area (Å²) in [5, 5.41) is 2.25. The van der Waals surface area contributed by atoms with E-state index in [9.17, 15) is 13.6 Å². The summed E-state index contributed by atoms with van der Waals surface area (Å²) in [5.74, 6) is -1.66. The number of hydrogen-bond acceptors (Lipinski definition) is 3. The van der Waals surface area contributed by atoms with E-state index >= 15 is 0 Å². The maximum atomic E-state index is 13.6. The zero-order valence-corrected chi connectivity index (χ0v) is 12.0. The molecule has 0 atom stereocenters. The molecular formula is C15H16F2N2O3. The van der Waals surface area contributed by atoms with Crippen LogP contribution in [-0.4, -0.2) is 31.2 Å². The van der Waals surface area contributed by atoms with Crippen LogP contribution in [0.4, 0.5) is 19.3 Å². The zero-order chi connectivity index (χ0) is 15.9. The van der Waals surface area contributed by atoms with Gasteiger partial charge >= 0.3 is 6.03 Å². The number of amides is 2. The lowest BCUT2D eigenvalue weighted by Gasteiger charge is -2.22. The molecule has 5 nitrogen and oxygen atoms in total. The maximum absolute atomic E-state index is 13.6. The smallest absolute Gasteiger partial charge is 0.322 e. The molecule has 2 rings (SSSR count). The molecule has 0 saturated carbocycles. The van der Waals surface area contributed by atoms with E-state index in [-0.39, 0.29) is 13.1 Å². The molecule has 0 unspecified atom stereocenters. The highest BCUT2D eigenvalue weighted by Gasteiger charge is 2.18. The van der Waals surface area contributed by atoms with Crippen LogP contribution in [0.1, 0.15) is 5.56 Å². The number of carbonyl (C=O) groups is 1. The molecule has 0 fully saturated rings. The molecule has 22 heavy (non-hydrogen) atoms. The van der Waals surface area contributed by atoms with Crippen LogP contribution in [0, 0.1) is 11.6 Å². The lowest BCUT2D eigenvalue weighted by atomic mass is 10.3. The van der Waals surface area contributed by atoms with Gasteiger partial charge in [-0.2, -0.15) is 0 Å². The van der Waals surface area contributed by atoms with E-state index in [0.29, 0.717) is 6.61 Å². The number of rotatable bonds is 6. The first-order valence-electron chi connectivity index (χ1n) is 6.61. The molecule has 0 aliphatic carbocycles. The Morgan fingerprint density at radius 2 is 2.05 bits per heavy atom. The molecule has 7 heteroatoms. The monoisotopic (exact) mass is 310 g/mol. The number of nitrogens with zero attached hydrogens (tertiary/aromatic N) is 1. The minimum atomic E-state index is -0.830. The van der Waals surface area contributed by atoms with E-state index in [4.69, 9.17) is 9.15 Å². The Bertz CT molecular complexity index is 597. The summed E-state index contributed by atoms with van der Waals surface area (Å²) < 4.78 is 37.1. The number of urea groups is 1. The van der Waals surface area contributed by atoms with Gasteiger partial charge in [-0.05, 0) is 18.2 Å². The number of halogens is 2. The Hall–Kier alpha value is -2.41. The minimum Gasteiger partial charge on any atom is -0.472 e. The van der Waals surface area contributed by atoms with Crippen molar-refractivity contribution in [2.75, 3.05) is 25.6 Å². The molecule has 2 aromatic rings. The van der Waals surface area contributed by atoms with Crippen molar-refractivity contribution in [1.29, 1.82) is 0 Å². The Labute approximate surface area is 126 Å². The number of ether oxygens (including phenoxy) is 1. The predicted octanol–water partition coefficient (Wildman–Crippen LogP) is 3.24. The zero-order valence-electron chi connectivity index (χ0n) is 12.0. The first-order chi connectivity index (χ1) is 10.6. The molecule has 1 heterocycles. The molecule has 0 bridgehead atoms. The normalized spacial score (nSPS) is 10.5. The fourth-order valence-electron chi connectivity index (χ4n) is 1.86. The second-order valence-corrected chi connectivity index (χ2v) is 4.57. The summed E-state index contributed by atoms with van der Waals surface area (Å²) in [6.07, 6.45) is 2.98. The van der Waals surface area contributed by atoms with Crippen LogP contribution in [0.2, 0.25) is 0 Å². The topological polar surface area (TPSA) is 54.7 Å². The number of benzene rings is 1. The largest absolute Gasteiger partial charge is 0.472 e. The van der Waals surface area contributed by atoms with Gasteiger partial charge in [0.05, 0.1) is 25.7 Å². The van der Waals surface area contributed by atoms with Crippen LogP contribution in [0.3, 0.4) is 0 Å². The molecule has 0 saturated heterocycles. The van der Waals surface area contributed by atoms with E-state index in [0.717, 1.165) is 17.7 Å². The van der Waals surface area contributed by atoms with E-state index in [1.165, 1.54) is 30.6 Å². The molecule has 1 aromatic carbocycles. The molecule has 0 radical (unpaired) electrons. The Kier molecular flexibility index (Phi) is 5.48. The van der Waals surface area contributed by atoms with Crippen LogP contribution in [0.25, 0.3) is 0 Å². The van der Waals surface area contributed by atoms with Crippen molar-refractivity contribution >= 4 is 11.7 Å². The lowest BCUT2D eigenvalue weighted by molar-refractivity contribution is 0.152. The molecule has 1 aromatic heterocycles. The van der Waals surface area contributed by atoms with Gasteiger partial charge < -0.3 is 19.4 Å². The predicted molar refractivity (Wildman–Crippen MR) is 76.4 cm³/mol. The number of para-hydroxylation sites is 1. The molecule has 0 aliphatic heterocycles. The number of carbonyl (C=O) groups excluding carboxylic acids is 1. The number of hydrogen-bond donors (Lipinski definition) is 1. The van der Waals surface area contributed by atoms with Gasteiger partial charge in [-0.3, -0.25) is 0 Å². The SMILES string of the molecule is COCCN(Cc1ccoc1)C(=O)Nc1c(F)cccc1F. The van der Waals surface area contributed by atoms with Crippen molar-refractivity contribution in [2.45, 2.75) is 6.54 Å². The summed E-state index contributed by atoms with van der Waals surface area (Å²) in [6, 6.07) is 4.47. The van der Waals surface area contributed by atoms with Gasteiger partial charge in [-0.1, -0.05) is 6.07 Å². The number of anilines is 1. The van der Waals surface area contributed by atoms with E-state index in [2.05, 4.69) is 5.32 Å². The third-order valence-corrected chi connectivity index (χ3v) is 3.00. The van der Waals surface area contributed by atoms with E-state index < -0.39 is 23.4 Å². The Morgan fingerprint density at radius 1 is 1.32 bits per heavy atom. The van der Waals surface area contributed by atoms with Crippen molar-refractivity contribution in [1.82, 2.24) is 4.90 Å². The van der Waals surface area contributed by atoms with Crippen molar-refractivity contribution in [3.8, 4) is 0 Å². The maximum Gasteiger partial charge on any atom is 0.322 e. The van der Waals surface area contributed by atoms with E-state index in [1.807, 2.05) is 0 Å². The average Bonchev–Trinajstić information content (AvgIpc) is 3.00. The quantitative estimate of drug-likeness (QED) is 0.891. The molecule has 0 spiro atoms. The highest BCUT2D eigenvalue weighted by molar-refractivity contribution is 5.89. The summed E-state index contributed by atoms with van der Waals surface area (Å²) in [6.45, 7) is 0.802. The fourth-order valence-corrected chi connectivity index (χ4v) is 1.86. The standard InChI is InChI=1S/C15H16F2N2O3/c1-21-8-6-19(9-11-5-7-22-10-11)15(20)18-14-12(16)3-2-4-13(14)17/h2-5,7,10H,6,8-9H2,1H3,(H,18,20). The third-order valence-electron chi connectivity index (χ3n) is 3.00. The second kappa shape index (κ2) is 7.56. The van der Waals surface area contributed by atoms with Crippen molar-refractivity contribution in [3.63, 3.8) is 0 Å². The van der Waals surface area contributed by atoms with E-state index in [1.54, 1.807) is 6.07 Å². The summed E-state index contributed by atoms with van der Waals surface area (Å²) in [5.41, 5.74) is 0.294. The first-order valence-corrected chi connectivity index (χ1v) is 6.61. The average molecular weight is 310 g/mol. The van der Waals surface area contributed by atoms with Gasteiger partial charge in [-0.25, -0.2) is 13.6 Å². The summed E-state index contributed by atoms with van der Waals surface area (Å²) in [7, 11) is 1.50. The van der Waals surface area contributed by atoms with Crippen molar-refractivity contribution < 1.29 is 22.7 Å². The second-order valence-electron chi connectivity index (χ2n) is 4.57. The highest BCUT2D eigenvalue weighted by atomic mass is 19.1. The van der Waals surface area contributed by atoms with Gasteiger partial charge in [0.25, 0.3) is 0 Å². The van der Waals surface area contributed by atoms with Crippen LogP contribution in [0.5, 0.6) is 0 Å². The molecule has 1 N–H and O–H groups in total. The fraction of sp³-hybridized carbons (Fsp3) is 0.267. The van der Waals surface area contributed by atoms with Crippen molar-refractivity contribution in [3.05, 3.63) is 54.0 Å². The Morgan fingerprint density at radius 3 is 2.64 bits per heavy atom. The molecule has 0 aliphatic rings. The number of furan rings is 1. The van der Waals surface area contributed by atoms with Crippen LogP contribution >= 0.6 is 0 Å². The van der Waals surface area contributed by atoms with Crippen LogP contribution in [-0.2, 0) is 11.3 Å². The molecular weight excluding hydrogens is 294 g/mol. The molecule has 118 valence electrons. The lowest BCUT2D eigenvalue weighted by Crippen LogP contribution is -2.37.